The first-order chi connectivity index (χ1) is 8.00. The molecule has 1 heterocycles. The van der Waals surface area contributed by atoms with Gasteiger partial charge in [0.1, 0.15) is 10.7 Å². The Hall–Kier alpha value is -1.69. The summed E-state index contributed by atoms with van der Waals surface area (Å²) in [6.45, 7) is 0. The van der Waals surface area contributed by atoms with Crippen LogP contribution >= 0.6 is 11.3 Å². The zero-order valence-corrected chi connectivity index (χ0v) is 9.18. The normalized spacial score (nSPS) is 11.5. The van der Waals surface area contributed by atoms with Gasteiger partial charge >= 0.3 is 6.18 Å². The van der Waals surface area contributed by atoms with Crippen molar-refractivity contribution in [3.63, 3.8) is 0 Å². The third-order valence-corrected chi connectivity index (χ3v) is 2.99. The summed E-state index contributed by atoms with van der Waals surface area (Å²) in [5, 5.41) is 1.90. The van der Waals surface area contributed by atoms with E-state index in [1.54, 1.807) is 0 Å². The highest BCUT2D eigenvalue weighted by Crippen LogP contribution is 2.32. The maximum absolute atomic E-state index is 12.5. The van der Waals surface area contributed by atoms with Crippen LogP contribution in [0.3, 0.4) is 0 Å². The van der Waals surface area contributed by atoms with Gasteiger partial charge in [0.05, 0.1) is 5.56 Å². The first-order valence-corrected chi connectivity index (χ1v) is 5.47. The lowest BCUT2D eigenvalue weighted by molar-refractivity contribution is -0.137. The highest BCUT2D eigenvalue weighted by molar-refractivity contribution is 7.13. The number of thiazole rings is 1. The molecule has 0 unspecified atom stereocenters. The Balaban J connectivity index is 2.42. The number of aromatic nitrogens is 1. The molecule has 1 aromatic carbocycles. The maximum atomic E-state index is 12.5. The van der Waals surface area contributed by atoms with E-state index in [0.717, 1.165) is 23.5 Å². The van der Waals surface area contributed by atoms with Crippen molar-refractivity contribution in [3.05, 3.63) is 40.9 Å². The quantitative estimate of drug-likeness (QED) is 0.769. The number of rotatable bonds is 2. The first-order valence-electron chi connectivity index (χ1n) is 4.59. The molecule has 2 aromatic rings. The van der Waals surface area contributed by atoms with Crippen molar-refractivity contribution in [2.24, 2.45) is 0 Å². The fourth-order valence-electron chi connectivity index (χ4n) is 1.30. The molecule has 1 aromatic heterocycles. The lowest BCUT2D eigenvalue weighted by Crippen LogP contribution is -2.04. The summed E-state index contributed by atoms with van der Waals surface area (Å²) in [5.74, 6) is 0. The van der Waals surface area contributed by atoms with Gasteiger partial charge in [0.15, 0.2) is 6.29 Å². The van der Waals surface area contributed by atoms with E-state index in [-0.39, 0.29) is 5.69 Å². The largest absolute Gasteiger partial charge is 0.416 e. The highest BCUT2D eigenvalue weighted by atomic mass is 32.1. The second-order valence-electron chi connectivity index (χ2n) is 3.27. The van der Waals surface area contributed by atoms with Crippen molar-refractivity contribution in [1.29, 1.82) is 0 Å². The summed E-state index contributed by atoms with van der Waals surface area (Å²) in [7, 11) is 0. The highest BCUT2D eigenvalue weighted by Gasteiger charge is 2.30. The van der Waals surface area contributed by atoms with Crippen LogP contribution in [0.1, 0.15) is 16.1 Å². The molecule has 2 rings (SSSR count). The van der Waals surface area contributed by atoms with E-state index in [4.69, 9.17) is 0 Å². The Morgan fingerprint density at radius 2 is 2.06 bits per heavy atom. The summed E-state index contributed by atoms with van der Waals surface area (Å²) in [4.78, 5) is 14.3. The van der Waals surface area contributed by atoms with E-state index in [9.17, 15) is 18.0 Å². The molecule has 0 fully saturated rings. The van der Waals surface area contributed by atoms with Crippen LogP contribution in [-0.2, 0) is 6.18 Å². The second kappa shape index (κ2) is 4.29. The van der Waals surface area contributed by atoms with Crippen LogP contribution in [0.15, 0.2) is 29.6 Å². The van der Waals surface area contributed by atoms with Crippen LogP contribution < -0.4 is 0 Å². The topological polar surface area (TPSA) is 30.0 Å². The predicted molar refractivity (Wildman–Crippen MR) is 57.9 cm³/mol. The third-order valence-electron chi connectivity index (χ3n) is 2.08. The van der Waals surface area contributed by atoms with Gasteiger partial charge in [-0.1, -0.05) is 12.1 Å². The van der Waals surface area contributed by atoms with Gasteiger partial charge in [-0.3, -0.25) is 4.79 Å². The van der Waals surface area contributed by atoms with Gasteiger partial charge in [0, 0.05) is 10.9 Å². The van der Waals surface area contributed by atoms with Crippen molar-refractivity contribution >= 4 is 17.6 Å². The summed E-state index contributed by atoms with van der Waals surface area (Å²) in [5.41, 5.74) is -0.141. The standard InChI is InChI=1S/C11H6F3NOS/c12-11(13,14)8-3-1-2-7(4-8)10-15-9(5-16)6-17-10/h1-6H. The molecule has 88 valence electrons. The molecule has 0 spiro atoms. The summed E-state index contributed by atoms with van der Waals surface area (Å²) >= 11 is 1.14. The maximum Gasteiger partial charge on any atom is 0.416 e. The molecule has 0 saturated carbocycles. The first kappa shape index (κ1) is 11.8. The number of halogens is 3. The minimum atomic E-state index is -4.37. The van der Waals surface area contributed by atoms with Crippen LogP contribution in [0.25, 0.3) is 10.6 Å². The average Bonchev–Trinajstić information content (AvgIpc) is 2.76. The number of benzene rings is 1. The molecule has 17 heavy (non-hydrogen) atoms. The number of aldehydes is 1. The van der Waals surface area contributed by atoms with Crippen molar-refractivity contribution in [2.75, 3.05) is 0 Å². The number of nitrogens with zero attached hydrogens (tertiary/aromatic N) is 1. The predicted octanol–water partition coefficient (Wildman–Crippen LogP) is 3.64. The van der Waals surface area contributed by atoms with E-state index >= 15 is 0 Å². The van der Waals surface area contributed by atoms with Gasteiger partial charge in [-0.2, -0.15) is 13.2 Å². The number of carbonyl (C=O) groups is 1. The Morgan fingerprint density at radius 3 is 2.65 bits per heavy atom. The number of hydrogen-bond acceptors (Lipinski definition) is 3. The Bertz CT molecular complexity index is 548. The molecule has 0 atom stereocenters. The monoisotopic (exact) mass is 257 g/mol. The van der Waals surface area contributed by atoms with E-state index in [1.165, 1.54) is 17.5 Å². The SMILES string of the molecule is O=Cc1csc(-c2cccc(C(F)(F)F)c2)n1. The third kappa shape index (κ3) is 2.52. The zero-order chi connectivity index (χ0) is 12.5. The molecule has 0 N–H and O–H groups in total. The Morgan fingerprint density at radius 1 is 1.29 bits per heavy atom. The van der Waals surface area contributed by atoms with Crippen LogP contribution in [0.2, 0.25) is 0 Å². The molecule has 0 saturated heterocycles. The van der Waals surface area contributed by atoms with E-state index in [1.807, 2.05) is 0 Å². The Labute approximate surface area is 98.7 Å². The van der Waals surface area contributed by atoms with Crippen molar-refractivity contribution < 1.29 is 18.0 Å². The van der Waals surface area contributed by atoms with Gasteiger partial charge in [-0.15, -0.1) is 11.3 Å². The summed E-state index contributed by atoms with van der Waals surface area (Å²) in [6, 6.07) is 4.87. The molecular formula is C11H6F3NOS. The molecule has 0 radical (unpaired) electrons. The smallest absolute Gasteiger partial charge is 0.296 e. The van der Waals surface area contributed by atoms with Crippen molar-refractivity contribution in [2.45, 2.75) is 6.18 Å². The van der Waals surface area contributed by atoms with E-state index in [0.29, 0.717) is 16.9 Å². The molecule has 2 nitrogen and oxygen atoms in total. The van der Waals surface area contributed by atoms with Gasteiger partial charge in [-0.05, 0) is 12.1 Å². The van der Waals surface area contributed by atoms with Crippen LogP contribution in [0.4, 0.5) is 13.2 Å². The average molecular weight is 257 g/mol. The Kier molecular flexibility index (Phi) is 2.97. The van der Waals surface area contributed by atoms with Gasteiger partial charge in [-0.25, -0.2) is 4.98 Å². The van der Waals surface area contributed by atoms with Gasteiger partial charge in [0.2, 0.25) is 0 Å². The molecule has 0 aliphatic rings. The summed E-state index contributed by atoms with van der Waals surface area (Å²) < 4.78 is 37.4. The number of carbonyl (C=O) groups excluding carboxylic acids is 1. The lowest BCUT2D eigenvalue weighted by Gasteiger charge is -2.07. The van der Waals surface area contributed by atoms with Crippen LogP contribution in [0.5, 0.6) is 0 Å². The van der Waals surface area contributed by atoms with Crippen molar-refractivity contribution in [1.82, 2.24) is 4.98 Å². The van der Waals surface area contributed by atoms with Gasteiger partial charge < -0.3 is 0 Å². The molecule has 0 amide bonds. The molecule has 0 aliphatic carbocycles. The van der Waals surface area contributed by atoms with E-state index in [2.05, 4.69) is 4.98 Å². The lowest BCUT2D eigenvalue weighted by atomic mass is 10.1. The zero-order valence-electron chi connectivity index (χ0n) is 8.36. The van der Waals surface area contributed by atoms with Crippen molar-refractivity contribution in [3.8, 4) is 10.6 Å². The molecule has 0 bridgehead atoms. The van der Waals surface area contributed by atoms with Crippen LogP contribution in [0, 0.1) is 0 Å². The van der Waals surface area contributed by atoms with Crippen LogP contribution in [-0.4, -0.2) is 11.3 Å². The fraction of sp³-hybridized carbons (Fsp3) is 0.0909. The minimum Gasteiger partial charge on any atom is -0.296 e. The van der Waals surface area contributed by atoms with Gasteiger partial charge in [0.25, 0.3) is 0 Å². The summed E-state index contributed by atoms with van der Waals surface area (Å²) in [6.07, 6.45) is -3.81. The van der Waals surface area contributed by atoms with E-state index < -0.39 is 11.7 Å². The second-order valence-corrected chi connectivity index (χ2v) is 4.13. The molecular weight excluding hydrogens is 251 g/mol. The minimum absolute atomic E-state index is 0.224. The molecule has 0 aliphatic heterocycles. The fourth-order valence-corrected chi connectivity index (χ4v) is 2.06. The number of hydrogen-bond donors (Lipinski definition) is 0. The molecule has 6 heteroatoms. The number of alkyl halides is 3.